The lowest BCUT2D eigenvalue weighted by Gasteiger charge is -1.90. The van der Waals surface area contributed by atoms with Crippen LogP contribution in [-0.2, 0) is 0 Å². The Bertz CT molecular complexity index is 497. The topological polar surface area (TPSA) is 78.6 Å². The Morgan fingerprint density at radius 2 is 2.13 bits per heavy atom. The standard InChI is InChI=1S/C10H11N5/c11-7-14-15-13-6-8-5-12-10-4-2-1-3-9(8)10/h1-7,12,15H,(H2,11,14)/b13-6+. The first-order valence-electron chi connectivity index (χ1n) is 4.49. The zero-order valence-corrected chi connectivity index (χ0v) is 8.01. The summed E-state index contributed by atoms with van der Waals surface area (Å²) in [5.41, 5.74) is 9.57. The molecular weight excluding hydrogens is 190 g/mol. The van der Waals surface area contributed by atoms with Gasteiger partial charge in [-0.15, -0.1) is 5.10 Å². The number of H-pyrrole nitrogens is 1. The van der Waals surface area contributed by atoms with Crippen LogP contribution < -0.4 is 11.3 Å². The second-order valence-corrected chi connectivity index (χ2v) is 2.93. The van der Waals surface area contributed by atoms with E-state index in [1.807, 2.05) is 30.5 Å². The molecule has 0 unspecified atom stereocenters. The molecule has 0 spiro atoms. The molecule has 2 aromatic rings. The number of nitrogens with two attached hydrogens (primary N) is 1. The minimum Gasteiger partial charge on any atom is -0.388 e. The summed E-state index contributed by atoms with van der Waals surface area (Å²) >= 11 is 0. The van der Waals surface area contributed by atoms with E-state index < -0.39 is 0 Å². The van der Waals surface area contributed by atoms with Crippen molar-refractivity contribution < 1.29 is 0 Å². The molecule has 0 atom stereocenters. The first-order valence-corrected chi connectivity index (χ1v) is 4.49. The monoisotopic (exact) mass is 201 g/mol. The van der Waals surface area contributed by atoms with Gasteiger partial charge in [0.2, 0.25) is 0 Å². The molecule has 0 saturated heterocycles. The number of aromatic amines is 1. The van der Waals surface area contributed by atoms with Crippen molar-refractivity contribution in [3.8, 4) is 0 Å². The molecule has 2 rings (SSSR count). The Hall–Kier alpha value is -2.30. The highest BCUT2D eigenvalue weighted by atomic mass is 15.5. The number of aromatic nitrogens is 1. The lowest BCUT2D eigenvalue weighted by Crippen LogP contribution is -1.99. The quantitative estimate of drug-likeness (QED) is 0.393. The van der Waals surface area contributed by atoms with Gasteiger partial charge in [-0.2, -0.15) is 10.6 Å². The summed E-state index contributed by atoms with van der Waals surface area (Å²) in [6, 6.07) is 8.01. The molecule has 5 heteroatoms. The maximum absolute atomic E-state index is 5.04. The van der Waals surface area contributed by atoms with Gasteiger partial charge in [0, 0.05) is 22.7 Å². The summed E-state index contributed by atoms with van der Waals surface area (Å²) in [7, 11) is 0. The zero-order chi connectivity index (χ0) is 10.5. The number of benzene rings is 1. The third kappa shape index (κ3) is 1.96. The third-order valence-corrected chi connectivity index (χ3v) is 2.01. The molecule has 0 fully saturated rings. The minimum atomic E-state index is 1.00. The van der Waals surface area contributed by atoms with Crippen LogP contribution in [0.1, 0.15) is 5.56 Å². The van der Waals surface area contributed by atoms with Crippen LogP contribution in [-0.4, -0.2) is 17.5 Å². The van der Waals surface area contributed by atoms with Crippen molar-refractivity contribution in [1.82, 2.24) is 10.5 Å². The molecule has 5 nitrogen and oxygen atoms in total. The highest BCUT2D eigenvalue weighted by Crippen LogP contribution is 2.15. The van der Waals surface area contributed by atoms with E-state index in [2.05, 4.69) is 20.7 Å². The number of hydrazone groups is 2. The molecule has 1 heterocycles. The summed E-state index contributed by atoms with van der Waals surface area (Å²) < 4.78 is 0. The first-order chi connectivity index (χ1) is 7.42. The minimum absolute atomic E-state index is 1.00. The van der Waals surface area contributed by atoms with Gasteiger partial charge in [-0.25, -0.2) is 0 Å². The normalized spacial score (nSPS) is 11.7. The average Bonchev–Trinajstić information content (AvgIpc) is 2.68. The highest BCUT2D eigenvalue weighted by Gasteiger charge is 1.98. The zero-order valence-electron chi connectivity index (χ0n) is 8.01. The van der Waals surface area contributed by atoms with E-state index in [1.165, 1.54) is 0 Å². The summed E-state index contributed by atoms with van der Waals surface area (Å²) in [5.74, 6) is 0. The van der Waals surface area contributed by atoms with Crippen LogP contribution in [0.4, 0.5) is 0 Å². The first kappa shape index (κ1) is 9.26. The van der Waals surface area contributed by atoms with Gasteiger partial charge < -0.3 is 10.7 Å². The SMILES string of the molecule is N/C=N\N/N=C/c1c[nH]c2ccccc12. The van der Waals surface area contributed by atoms with Crippen LogP contribution in [0.25, 0.3) is 10.9 Å². The van der Waals surface area contributed by atoms with Crippen molar-refractivity contribution in [1.29, 1.82) is 0 Å². The number of fused-ring (bicyclic) bond motifs is 1. The molecule has 1 aromatic carbocycles. The summed E-state index contributed by atoms with van der Waals surface area (Å²) in [6.07, 6.45) is 4.72. The van der Waals surface area contributed by atoms with Crippen LogP contribution >= 0.6 is 0 Å². The molecule has 0 saturated carbocycles. The third-order valence-electron chi connectivity index (χ3n) is 2.01. The number of para-hydroxylation sites is 1. The van der Waals surface area contributed by atoms with Gasteiger partial charge in [-0.3, -0.25) is 0 Å². The van der Waals surface area contributed by atoms with Crippen molar-refractivity contribution in [2.45, 2.75) is 0 Å². The van der Waals surface area contributed by atoms with E-state index in [4.69, 9.17) is 5.73 Å². The molecule has 0 bridgehead atoms. The van der Waals surface area contributed by atoms with Crippen LogP contribution in [0.3, 0.4) is 0 Å². The van der Waals surface area contributed by atoms with Crippen LogP contribution in [0, 0.1) is 0 Å². The maximum atomic E-state index is 5.04. The molecule has 0 aliphatic rings. The van der Waals surface area contributed by atoms with Crippen LogP contribution in [0.2, 0.25) is 0 Å². The van der Waals surface area contributed by atoms with Gasteiger partial charge in [0.25, 0.3) is 0 Å². The second kappa shape index (κ2) is 4.28. The lowest BCUT2D eigenvalue weighted by molar-refractivity contribution is 0.816. The fraction of sp³-hybridized carbons (Fsp3) is 0. The van der Waals surface area contributed by atoms with E-state index >= 15 is 0 Å². The maximum Gasteiger partial charge on any atom is 0.108 e. The summed E-state index contributed by atoms with van der Waals surface area (Å²) in [5, 5.41) is 8.55. The van der Waals surface area contributed by atoms with E-state index in [1.54, 1.807) is 6.21 Å². The van der Waals surface area contributed by atoms with E-state index in [9.17, 15) is 0 Å². The van der Waals surface area contributed by atoms with Gasteiger partial charge >= 0.3 is 0 Å². The Balaban J connectivity index is 2.25. The molecule has 15 heavy (non-hydrogen) atoms. The van der Waals surface area contributed by atoms with Crippen molar-refractivity contribution >= 4 is 23.5 Å². The van der Waals surface area contributed by atoms with E-state index in [0.29, 0.717) is 0 Å². The largest absolute Gasteiger partial charge is 0.388 e. The van der Waals surface area contributed by atoms with Gasteiger partial charge in [0.05, 0.1) is 6.21 Å². The fourth-order valence-electron chi connectivity index (χ4n) is 1.37. The van der Waals surface area contributed by atoms with Crippen molar-refractivity contribution in [3.63, 3.8) is 0 Å². The van der Waals surface area contributed by atoms with Gasteiger partial charge in [0.1, 0.15) is 6.34 Å². The predicted molar refractivity (Wildman–Crippen MR) is 61.7 cm³/mol. The summed E-state index contributed by atoms with van der Waals surface area (Å²) in [4.78, 5) is 3.15. The van der Waals surface area contributed by atoms with E-state index in [0.717, 1.165) is 22.8 Å². The Kier molecular flexibility index (Phi) is 2.64. The smallest absolute Gasteiger partial charge is 0.108 e. The molecule has 0 aliphatic carbocycles. The van der Waals surface area contributed by atoms with Crippen molar-refractivity contribution in [2.75, 3.05) is 0 Å². The second-order valence-electron chi connectivity index (χ2n) is 2.93. The number of rotatable bonds is 3. The molecule has 0 aliphatic heterocycles. The molecule has 4 N–H and O–H groups in total. The van der Waals surface area contributed by atoms with Gasteiger partial charge in [-0.1, -0.05) is 18.2 Å². The van der Waals surface area contributed by atoms with E-state index in [-0.39, 0.29) is 0 Å². The molecular formula is C10H11N5. The highest BCUT2D eigenvalue weighted by molar-refractivity contribution is 5.98. The molecule has 76 valence electrons. The summed E-state index contributed by atoms with van der Waals surface area (Å²) in [6.45, 7) is 0. The van der Waals surface area contributed by atoms with Crippen molar-refractivity contribution in [2.24, 2.45) is 15.9 Å². The number of nitrogens with zero attached hydrogens (tertiary/aromatic N) is 2. The number of hydrogen-bond donors (Lipinski definition) is 3. The molecule has 0 amide bonds. The Morgan fingerprint density at radius 3 is 3.00 bits per heavy atom. The fourth-order valence-corrected chi connectivity index (χ4v) is 1.37. The number of nitrogens with one attached hydrogen (secondary N) is 2. The van der Waals surface area contributed by atoms with Gasteiger partial charge in [-0.05, 0) is 6.07 Å². The van der Waals surface area contributed by atoms with Crippen LogP contribution in [0.15, 0.2) is 40.7 Å². The Morgan fingerprint density at radius 1 is 1.27 bits per heavy atom. The molecule has 0 radical (unpaired) electrons. The predicted octanol–water partition coefficient (Wildman–Crippen LogP) is 0.993. The average molecular weight is 201 g/mol. The number of hydrogen-bond acceptors (Lipinski definition) is 3. The Labute approximate surface area is 86.7 Å². The van der Waals surface area contributed by atoms with Crippen molar-refractivity contribution in [3.05, 3.63) is 36.0 Å². The van der Waals surface area contributed by atoms with Crippen LogP contribution in [0.5, 0.6) is 0 Å². The van der Waals surface area contributed by atoms with Gasteiger partial charge in [0.15, 0.2) is 0 Å². The molecule has 1 aromatic heterocycles. The lowest BCUT2D eigenvalue weighted by atomic mass is 10.2.